The molecule has 2 unspecified atom stereocenters. The minimum atomic E-state index is -1.40. The number of ketones is 1. The lowest BCUT2D eigenvalue weighted by Crippen LogP contribution is -2.59. The zero-order chi connectivity index (χ0) is 33.3. The first-order chi connectivity index (χ1) is 21.1. The molecule has 0 aromatic carbocycles. The number of hydrogen-bond acceptors (Lipinski definition) is 11. The van der Waals surface area contributed by atoms with E-state index in [-0.39, 0.29) is 36.5 Å². The smallest absolute Gasteiger partial charge is 0.319 e. The normalized spacial score (nSPS) is 41.6. The molecule has 260 valence electrons. The summed E-state index contributed by atoms with van der Waals surface area (Å²) in [7, 11) is 7.61. The van der Waals surface area contributed by atoms with E-state index in [4.69, 9.17) is 23.7 Å². The minimum Gasteiger partial charge on any atom is -0.463 e. The lowest BCUT2D eigenvalue weighted by Gasteiger charge is -2.48. The number of likely N-dealkylation sites (tertiary alicyclic amines) is 1. The highest BCUT2D eigenvalue weighted by Crippen LogP contribution is 2.39. The van der Waals surface area contributed by atoms with Gasteiger partial charge in [0.2, 0.25) is 0 Å². The van der Waals surface area contributed by atoms with Gasteiger partial charge in [-0.1, -0.05) is 13.8 Å². The number of carbonyl (C=O) groups is 2. The molecule has 0 amide bonds. The largest absolute Gasteiger partial charge is 0.463 e. The van der Waals surface area contributed by atoms with Crippen LogP contribution in [0.4, 0.5) is 0 Å². The molecule has 4 saturated heterocycles. The van der Waals surface area contributed by atoms with Gasteiger partial charge in [-0.3, -0.25) is 14.5 Å². The first-order valence-corrected chi connectivity index (χ1v) is 17.0. The average molecular weight is 640 g/mol. The molecule has 4 heterocycles. The molecule has 4 rings (SSSR count). The van der Waals surface area contributed by atoms with Crippen LogP contribution in [0.2, 0.25) is 0 Å². The van der Waals surface area contributed by atoms with Gasteiger partial charge in [0.25, 0.3) is 0 Å². The fourth-order valence-corrected chi connectivity index (χ4v) is 8.16. The monoisotopic (exact) mass is 639 g/mol. The fraction of sp³-hybridized carbons (Fsp3) is 0.941. The molecular weight excluding hydrogens is 578 g/mol. The van der Waals surface area contributed by atoms with Crippen LogP contribution >= 0.6 is 0 Å². The highest BCUT2D eigenvalue weighted by molar-refractivity contribution is 6.04. The van der Waals surface area contributed by atoms with E-state index in [0.29, 0.717) is 24.7 Å². The van der Waals surface area contributed by atoms with E-state index < -0.39 is 41.4 Å². The SMILES string of the molecule is CO[C@]1(C)C[C@@H](C)CN(C)C(C2CN(CC3CCOC3)C2)COC(=O)C(C)(C)C(=O)[C@H](C)[C@H]1O[C@@H]1O[C@H](C)C[C@H](N(C)C)[C@H]1O. The second kappa shape index (κ2) is 14.9. The maximum absolute atomic E-state index is 14.2. The molecule has 0 spiro atoms. The first-order valence-electron chi connectivity index (χ1n) is 17.0. The first kappa shape index (κ1) is 36.7. The van der Waals surface area contributed by atoms with E-state index in [1.54, 1.807) is 27.9 Å². The zero-order valence-electron chi connectivity index (χ0n) is 29.5. The van der Waals surface area contributed by atoms with Crippen LogP contribution in [-0.2, 0) is 33.3 Å². The average Bonchev–Trinajstić information content (AvgIpc) is 3.47. The minimum absolute atomic E-state index is 0.0349. The Morgan fingerprint density at radius 2 is 1.76 bits per heavy atom. The molecular formula is C34H61N3O8. The van der Waals surface area contributed by atoms with Crippen molar-refractivity contribution in [1.82, 2.24) is 14.7 Å². The van der Waals surface area contributed by atoms with E-state index in [9.17, 15) is 14.7 Å². The van der Waals surface area contributed by atoms with Crippen LogP contribution in [0.1, 0.15) is 60.8 Å². The summed E-state index contributed by atoms with van der Waals surface area (Å²) in [6, 6.07) is -0.134. The van der Waals surface area contributed by atoms with Gasteiger partial charge < -0.3 is 38.6 Å². The van der Waals surface area contributed by atoms with E-state index >= 15 is 0 Å². The molecule has 11 heteroatoms. The van der Waals surface area contributed by atoms with Crippen molar-refractivity contribution < 1.29 is 38.4 Å². The topological polar surface area (TPSA) is 110 Å². The van der Waals surface area contributed by atoms with Crippen LogP contribution in [-0.4, -0.2) is 148 Å². The van der Waals surface area contributed by atoms with Gasteiger partial charge in [0, 0.05) is 63.8 Å². The second-order valence-corrected chi connectivity index (χ2v) is 15.5. The van der Waals surface area contributed by atoms with Crippen LogP contribution in [0.5, 0.6) is 0 Å². The van der Waals surface area contributed by atoms with Crippen LogP contribution in [0.3, 0.4) is 0 Å². The molecule has 45 heavy (non-hydrogen) atoms. The number of aliphatic hydroxyl groups excluding tert-OH is 1. The van der Waals surface area contributed by atoms with Crippen LogP contribution in [0.15, 0.2) is 0 Å². The third-order valence-corrected chi connectivity index (χ3v) is 11.0. The van der Waals surface area contributed by atoms with E-state index in [1.807, 2.05) is 32.8 Å². The number of methoxy groups -OCH3 is 1. The standard InChI is InChI=1S/C34H61N3O8/c1-21-14-34(6,41-10)30(45-31-28(38)26(35(7)8)13-22(2)44-31)23(3)29(39)33(4,5)32(40)43-20-27(36(9)15-21)25-17-37(18-25)16-24-11-12-42-19-24/h21-28,30-31,38H,11-20H2,1-10H3/t21-,22-,23+,24?,26+,27?,28-,30-,31+,34-/m1/s1. The van der Waals surface area contributed by atoms with Crippen molar-refractivity contribution in [3.8, 4) is 0 Å². The maximum Gasteiger partial charge on any atom is 0.319 e. The van der Waals surface area contributed by atoms with E-state index in [0.717, 1.165) is 45.8 Å². The summed E-state index contributed by atoms with van der Waals surface area (Å²) in [5.74, 6) is -0.440. The lowest BCUT2D eigenvalue weighted by atomic mass is 9.74. The number of aliphatic hydroxyl groups is 1. The maximum atomic E-state index is 14.2. The van der Waals surface area contributed by atoms with Gasteiger partial charge in [-0.25, -0.2) is 0 Å². The third-order valence-electron chi connectivity index (χ3n) is 11.0. The van der Waals surface area contributed by atoms with Crippen molar-refractivity contribution in [3.05, 3.63) is 0 Å². The molecule has 4 aliphatic heterocycles. The summed E-state index contributed by atoms with van der Waals surface area (Å²) in [4.78, 5) is 34.6. The number of nitrogens with zero attached hydrogens (tertiary/aromatic N) is 3. The highest BCUT2D eigenvalue weighted by atomic mass is 16.7. The number of ether oxygens (including phenoxy) is 5. The predicted molar refractivity (Wildman–Crippen MR) is 171 cm³/mol. The summed E-state index contributed by atoms with van der Waals surface area (Å²) in [5, 5.41) is 11.3. The Morgan fingerprint density at radius 1 is 1.07 bits per heavy atom. The van der Waals surface area contributed by atoms with E-state index in [1.165, 1.54) is 0 Å². The number of carbonyl (C=O) groups excluding carboxylic acids is 2. The molecule has 1 N–H and O–H groups in total. The molecule has 10 atom stereocenters. The summed E-state index contributed by atoms with van der Waals surface area (Å²) < 4.78 is 30.6. The van der Waals surface area contributed by atoms with Crippen molar-refractivity contribution in [2.24, 2.45) is 29.1 Å². The molecule has 0 aliphatic carbocycles. The molecule has 0 aromatic heterocycles. The molecule has 0 saturated carbocycles. The number of esters is 1. The Kier molecular flexibility index (Phi) is 12.2. The third kappa shape index (κ3) is 8.28. The zero-order valence-corrected chi connectivity index (χ0v) is 29.5. The summed E-state index contributed by atoms with van der Waals surface area (Å²) in [6.45, 7) is 16.8. The van der Waals surface area contributed by atoms with Gasteiger partial charge in [0.15, 0.2) is 12.1 Å². The Bertz CT molecular complexity index is 1000. The molecule has 11 nitrogen and oxygen atoms in total. The number of Topliss-reactive ketones (excluding diaryl/α,β-unsaturated/α-hetero) is 1. The molecule has 4 fully saturated rings. The highest BCUT2D eigenvalue weighted by Gasteiger charge is 2.52. The predicted octanol–water partition coefficient (Wildman–Crippen LogP) is 2.29. The van der Waals surface area contributed by atoms with Crippen molar-refractivity contribution in [1.29, 1.82) is 0 Å². The lowest BCUT2D eigenvalue weighted by molar-refractivity contribution is -0.295. The Balaban J connectivity index is 1.58. The van der Waals surface area contributed by atoms with Crippen molar-refractivity contribution >= 4 is 11.8 Å². The number of hydrogen-bond donors (Lipinski definition) is 1. The van der Waals surface area contributed by atoms with Gasteiger partial charge in [-0.2, -0.15) is 0 Å². The number of cyclic esters (lactones) is 1. The molecule has 0 radical (unpaired) electrons. The van der Waals surface area contributed by atoms with Crippen LogP contribution in [0.25, 0.3) is 0 Å². The molecule has 0 aromatic rings. The van der Waals surface area contributed by atoms with Gasteiger partial charge in [0.05, 0.1) is 24.4 Å². The Hall–Kier alpha value is -1.18. The Morgan fingerprint density at radius 3 is 2.36 bits per heavy atom. The summed E-state index contributed by atoms with van der Waals surface area (Å²) in [5.41, 5.74) is -2.31. The van der Waals surface area contributed by atoms with Gasteiger partial charge in [-0.05, 0) is 79.9 Å². The van der Waals surface area contributed by atoms with Crippen LogP contribution in [0, 0.1) is 29.1 Å². The molecule has 0 bridgehead atoms. The Labute approximate surface area is 271 Å². The summed E-state index contributed by atoms with van der Waals surface area (Å²) >= 11 is 0. The van der Waals surface area contributed by atoms with Crippen LogP contribution < -0.4 is 0 Å². The van der Waals surface area contributed by atoms with Crippen molar-refractivity contribution in [2.45, 2.75) is 103 Å². The molecule has 4 aliphatic rings. The second-order valence-electron chi connectivity index (χ2n) is 15.5. The quantitative estimate of drug-likeness (QED) is 0.327. The van der Waals surface area contributed by atoms with Crippen molar-refractivity contribution in [2.75, 3.05) is 74.3 Å². The van der Waals surface area contributed by atoms with Crippen molar-refractivity contribution in [3.63, 3.8) is 0 Å². The number of rotatable bonds is 7. The van der Waals surface area contributed by atoms with Gasteiger partial charge in [0.1, 0.15) is 18.1 Å². The summed E-state index contributed by atoms with van der Waals surface area (Å²) in [6.07, 6.45) is -0.441. The number of likely N-dealkylation sites (N-methyl/N-ethyl adjacent to an activating group) is 2. The van der Waals surface area contributed by atoms with E-state index in [2.05, 4.69) is 23.8 Å². The van der Waals surface area contributed by atoms with Gasteiger partial charge >= 0.3 is 5.97 Å². The van der Waals surface area contributed by atoms with Gasteiger partial charge in [-0.15, -0.1) is 0 Å². The fourth-order valence-electron chi connectivity index (χ4n) is 8.16.